The van der Waals surface area contributed by atoms with Gasteiger partial charge in [-0.2, -0.15) is 0 Å². The zero-order valence-corrected chi connectivity index (χ0v) is 17.5. The quantitative estimate of drug-likeness (QED) is 0.768. The number of benzene rings is 2. The van der Waals surface area contributed by atoms with Gasteiger partial charge in [-0.1, -0.05) is 12.1 Å². The van der Waals surface area contributed by atoms with E-state index in [1.54, 1.807) is 18.2 Å². The molecule has 0 aliphatic carbocycles. The van der Waals surface area contributed by atoms with Gasteiger partial charge in [0, 0.05) is 31.2 Å². The molecule has 0 unspecified atom stereocenters. The van der Waals surface area contributed by atoms with Crippen LogP contribution in [0.5, 0.6) is 0 Å². The van der Waals surface area contributed by atoms with Crippen molar-refractivity contribution in [3.63, 3.8) is 0 Å². The number of piperazine rings is 1. The number of carbonyl (C=O) groups excluding carboxylic acids is 3. The Kier molecular flexibility index (Phi) is 5.78. The number of hydrogen-bond acceptors (Lipinski definition) is 4. The van der Waals surface area contributed by atoms with Gasteiger partial charge in [0.15, 0.2) is 0 Å². The summed E-state index contributed by atoms with van der Waals surface area (Å²) in [6.45, 7) is 7.91. The van der Waals surface area contributed by atoms with E-state index in [0.717, 1.165) is 24.2 Å². The van der Waals surface area contributed by atoms with Gasteiger partial charge in [-0.05, 0) is 56.2 Å². The van der Waals surface area contributed by atoms with E-state index >= 15 is 0 Å². The van der Waals surface area contributed by atoms with E-state index in [2.05, 4.69) is 5.32 Å². The van der Waals surface area contributed by atoms with Crippen LogP contribution in [0.4, 0.5) is 5.69 Å². The van der Waals surface area contributed by atoms with Gasteiger partial charge in [0.05, 0.1) is 16.8 Å². The number of halogens is 1. The van der Waals surface area contributed by atoms with E-state index in [1.807, 2.05) is 43.9 Å². The van der Waals surface area contributed by atoms with Crippen LogP contribution < -0.4 is 10.2 Å². The maximum Gasteiger partial charge on any atom is 0.266 e. The molecule has 2 aromatic rings. The van der Waals surface area contributed by atoms with Crippen LogP contribution in [-0.2, 0) is 0 Å². The Labute approximate surface area is 176 Å². The first kappa shape index (κ1) is 21.0. The van der Waals surface area contributed by atoms with Gasteiger partial charge in [0.1, 0.15) is 0 Å². The normalized spacial score (nSPS) is 18.5. The molecule has 6 nitrogen and oxygen atoms in total. The van der Waals surface area contributed by atoms with Crippen LogP contribution in [0.3, 0.4) is 0 Å². The highest BCUT2D eigenvalue weighted by Gasteiger charge is 2.38. The average Bonchev–Trinajstić information content (AvgIpc) is 2.94. The van der Waals surface area contributed by atoms with Gasteiger partial charge in [-0.15, -0.1) is 12.4 Å². The maximum atomic E-state index is 13.1. The van der Waals surface area contributed by atoms with E-state index in [0.29, 0.717) is 28.9 Å². The molecule has 7 heteroatoms. The second-order valence-electron chi connectivity index (χ2n) is 7.55. The molecular formula is C22H24ClN3O3. The third kappa shape index (κ3) is 3.54. The van der Waals surface area contributed by atoms with Crippen molar-refractivity contribution in [1.82, 2.24) is 10.2 Å². The highest BCUT2D eigenvalue weighted by Crippen LogP contribution is 2.32. The van der Waals surface area contributed by atoms with Gasteiger partial charge in [-0.25, -0.2) is 4.90 Å². The largest absolute Gasteiger partial charge is 0.333 e. The van der Waals surface area contributed by atoms with Crippen molar-refractivity contribution in [2.75, 3.05) is 24.5 Å². The molecule has 0 radical (unpaired) electrons. The van der Waals surface area contributed by atoms with Crippen LogP contribution in [0, 0.1) is 13.8 Å². The molecule has 0 bridgehead atoms. The first-order valence-electron chi connectivity index (χ1n) is 9.50. The van der Waals surface area contributed by atoms with Gasteiger partial charge in [0.25, 0.3) is 17.7 Å². The van der Waals surface area contributed by atoms with Crippen molar-refractivity contribution in [2.45, 2.75) is 26.8 Å². The van der Waals surface area contributed by atoms with Crippen molar-refractivity contribution < 1.29 is 14.4 Å². The fourth-order valence-corrected chi connectivity index (χ4v) is 3.86. The highest BCUT2D eigenvalue weighted by atomic mass is 35.5. The minimum absolute atomic E-state index is 0. The summed E-state index contributed by atoms with van der Waals surface area (Å²) in [5.41, 5.74) is 3.49. The summed E-state index contributed by atoms with van der Waals surface area (Å²) >= 11 is 0. The molecule has 3 amide bonds. The molecule has 1 saturated heterocycles. The lowest BCUT2D eigenvalue weighted by molar-refractivity contribution is 0.0655. The third-order valence-corrected chi connectivity index (χ3v) is 5.50. The molecule has 0 spiro atoms. The molecule has 29 heavy (non-hydrogen) atoms. The Balaban J connectivity index is 0.00000240. The van der Waals surface area contributed by atoms with Crippen LogP contribution in [-0.4, -0.2) is 48.3 Å². The van der Waals surface area contributed by atoms with E-state index in [4.69, 9.17) is 0 Å². The summed E-state index contributed by atoms with van der Waals surface area (Å²) in [7, 11) is 0. The van der Waals surface area contributed by atoms with Gasteiger partial charge in [0.2, 0.25) is 0 Å². The molecule has 2 aliphatic heterocycles. The minimum Gasteiger partial charge on any atom is -0.333 e. The fourth-order valence-electron chi connectivity index (χ4n) is 3.86. The van der Waals surface area contributed by atoms with Crippen LogP contribution in [0.15, 0.2) is 36.4 Å². The number of aryl methyl sites for hydroxylation is 2. The number of hydrogen-bond donors (Lipinski definition) is 1. The van der Waals surface area contributed by atoms with Crippen molar-refractivity contribution in [2.24, 2.45) is 0 Å². The Bertz CT molecular complexity index is 1000. The van der Waals surface area contributed by atoms with E-state index < -0.39 is 0 Å². The van der Waals surface area contributed by atoms with Gasteiger partial charge >= 0.3 is 0 Å². The van der Waals surface area contributed by atoms with E-state index in [-0.39, 0.29) is 36.2 Å². The van der Waals surface area contributed by atoms with E-state index in [1.165, 1.54) is 4.90 Å². The summed E-state index contributed by atoms with van der Waals surface area (Å²) in [5, 5.41) is 3.26. The van der Waals surface area contributed by atoms with Crippen molar-refractivity contribution in [3.8, 4) is 0 Å². The smallest absolute Gasteiger partial charge is 0.266 e. The standard InChI is InChI=1S/C22H23N3O3.ClH/c1-13-4-5-14(2)19(10-13)25-21(27)17-7-6-16(11-18(17)22(25)28)20(26)24-9-8-23-12-15(24)3;/h4-7,10-11,15,23H,8-9,12H2,1-3H3;1H/t15-;/m0./s1. The van der Waals surface area contributed by atoms with Crippen molar-refractivity contribution in [1.29, 1.82) is 0 Å². The average molecular weight is 414 g/mol. The zero-order valence-electron chi connectivity index (χ0n) is 16.7. The second-order valence-corrected chi connectivity index (χ2v) is 7.55. The summed E-state index contributed by atoms with van der Waals surface area (Å²) < 4.78 is 0. The number of nitrogens with zero attached hydrogens (tertiary/aromatic N) is 2. The number of carbonyl (C=O) groups is 3. The van der Waals surface area contributed by atoms with Gasteiger partial charge in [-0.3, -0.25) is 14.4 Å². The number of nitrogens with one attached hydrogen (secondary N) is 1. The zero-order chi connectivity index (χ0) is 20.0. The lowest BCUT2D eigenvalue weighted by Gasteiger charge is -2.34. The number of amides is 3. The minimum atomic E-state index is -0.378. The topological polar surface area (TPSA) is 69.7 Å². The van der Waals surface area contributed by atoms with Crippen LogP contribution in [0.2, 0.25) is 0 Å². The SMILES string of the molecule is Cc1ccc(C)c(N2C(=O)c3ccc(C(=O)N4CCNC[C@@H]4C)cc3C2=O)c1.Cl. The Morgan fingerprint density at radius 1 is 1.03 bits per heavy atom. The van der Waals surface area contributed by atoms with E-state index in [9.17, 15) is 14.4 Å². The Morgan fingerprint density at radius 3 is 2.48 bits per heavy atom. The summed E-state index contributed by atoms with van der Waals surface area (Å²) in [5.74, 6) is -0.831. The summed E-state index contributed by atoms with van der Waals surface area (Å²) in [6, 6.07) is 10.6. The highest BCUT2D eigenvalue weighted by molar-refractivity contribution is 6.35. The Hall–Kier alpha value is -2.70. The van der Waals surface area contributed by atoms with Crippen molar-refractivity contribution in [3.05, 3.63) is 64.2 Å². The Morgan fingerprint density at radius 2 is 1.76 bits per heavy atom. The number of imide groups is 1. The van der Waals surface area contributed by atoms with Crippen molar-refractivity contribution >= 4 is 35.8 Å². The monoisotopic (exact) mass is 413 g/mol. The molecule has 0 saturated carbocycles. The lowest BCUT2D eigenvalue weighted by atomic mass is 10.0. The van der Waals surface area contributed by atoms with Crippen LogP contribution >= 0.6 is 12.4 Å². The van der Waals surface area contributed by atoms with Crippen LogP contribution in [0.1, 0.15) is 49.1 Å². The predicted octanol–water partition coefficient (Wildman–Crippen LogP) is 2.96. The lowest BCUT2D eigenvalue weighted by Crippen LogP contribution is -2.52. The third-order valence-electron chi connectivity index (χ3n) is 5.50. The molecule has 1 fully saturated rings. The molecule has 0 aromatic heterocycles. The molecule has 2 heterocycles. The molecule has 1 N–H and O–H groups in total. The summed E-state index contributed by atoms with van der Waals surface area (Å²) in [6.07, 6.45) is 0. The first-order valence-corrected chi connectivity index (χ1v) is 9.50. The predicted molar refractivity (Wildman–Crippen MR) is 114 cm³/mol. The number of rotatable bonds is 2. The maximum absolute atomic E-state index is 13.1. The van der Waals surface area contributed by atoms with Crippen LogP contribution in [0.25, 0.3) is 0 Å². The number of fused-ring (bicyclic) bond motifs is 1. The number of anilines is 1. The molecule has 1 atom stereocenters. The summed E-state index contributed by atoms with van der Waals surface area (Å²) in [4.78, 5) is 41.9. The molecule has 4 rings (SSSR count). The fraction of sp³-hybridized carbons (Fsp3) is 0.318. The molecule has 2 aliphatic rings. The molecule has 2 aromatic carbocycles. The first-order chi connectivity index (χ1) is 13.4. The second kappa shape index (κ2) is 7.97. The van der Waals surface area contributed by atoms with Gasteiger partial charge < -0.3 is 10.2 Å². The molecule has 152 valence electrons. The molecular weight excluding hydrogens is 390 g/mol.